The van der Waals surface area contributed by atoms with Gasteiger partial charge >= 0.3 is 0 Å². The molecule has 4 heteroatoms. The summed E-state index contributed by atoms with van der Waals surface area (Å²) in [6.07, 6.45) is 0. The van der Waals surface area contributed by atoms with Gasteiger partial charge in [0.1, 0.15) is 6.61 Å². The summed E-state index contributed by atoms with van der Waals surface area (Å²) >= 11 is 0. The van der Waals surface area contributed by atoms with Crippen LogP contribution >= 0.6 is 0 Å². The van der Waals surface area contributed by atoms with Crippen molar-refractivity contribution in [1.82, 2.24) is 9.78 Å². The molecule has 1 aromatic carbocycles. The van der Waals surface area contributed by atoms with Crippen molar-refractivity contribution >= 4 is 0 Å². The first-order chi connectivity index (χ1) is 9.22. The second-order valence-corrected chi connectivity index (χ2v) is 4.30. The van der Waals surface area contributed by atoms with Gasteiger partial charge in [0.25, 0.3) is 0 Å². The van der Waals surface area contributed by atoms with Crippen molar-refractivity contribution in [2.75, 3.05) is 6.61 Å². The molecule has 0 saturated heterocycles. The highest BCUT2D eigenvalue weighted by Gasteiger charge is 2.09. The van der Waals surface area contributed by atoms with E-state index in [4.69, 9.17) is 5.90 Å². The number of aromatic nitrogens is 2. The lowest BCUT2D eigenvalue weighted by molar-refractivity contribution is 0.173. The second kappa shape index (κ2) is 6.19. The molecule has 1 heterocycles. The van der Waals surface area contributed by atoms with Crippen molar-refractivity contribution in [2.45, 2.75) is 20.4 Å². The molecule has 2 N–H and O–H groups in total. The van der Waals surface area contributed by atoms with Gasteiger partial charge in [0.2, 0.25) is 0 Å². The number of hydrogen-bond donors (Lipinski definition) is 1. The van der Waals surface area contributed by atoms with E-state index >= 15 is 0 Å². The van der Waals surface area contributed by atoms with Gasteiger partial charge in [0, 0.05) is 0 Å². The van der Waals surface area contributed by atoms with Crippen LogP contribution in [0.5, 0.6) is 0 Å². The Morgan fingerprint density at radius 2 is 2.00 bits per heavy atom. The molecule has 2 rings (SSSR count). The molecule has 0 radical (unpaired) electrons. The normalized spacial score (nSPS) is 10.1. The molecule has 2 aromatic rings. The van der Waals surface area contributed by atoms with E-state index in [9.17, 15) is 0 Å². The molecule has 0 bridgehead atoms. The van der Waals surface area contributed by atoms with Crippen LogP contribution in [-0.2, 0) is 11.4 Å². The van der Waals surface area contributed by atoms with Gasteiger partial charge in [0.05, 0.1) is 23.5 Å². The summed E-state index contributed by atoms with van der Waals surface area (Å²) in [5, 5.41) is 4.53. The SMILES string of the molecule is Cc1nn(Cc2ccccc2)c(C)c1C#CCON. The molecule has 0 spiro atoms. The van der Waals surface area contributed by atoms with Crippen LogP contribution in [0.3, 0.4) is 0 Å². The first kappa shape index (κ1) is 13.3. The molecule has 19 heavy (non-hydrogen) atoms. The third-order valence-electron chi connectivity index (χ3n) is 2.93. The van der Waals surface area contributed by atoms with Gasteiger partial charge in [-0.3, -0.25) is 9.52 Å². The molecule has 0 aliphatic rings. The van der Waals surface area contributed by atoms with Crippen molar-refractivity contribution in [3.63, 3.8) is 0 Å². The zero-order chi connectivity index (χ0) is 13.7. The summed E-state index contributed by atoms with van der Waals surface area (Å²) in [4.78, 5) is 4.44. The van der Waals surface area contributed by atoms with E-state index in [0.717, 1.165) is 23.5 Å². The summed E-state index contributed by atoms with van der Waals surface area (Å²) < 4.78 is 1.97. The first-order valence-corrected chi connectivity index (χ1v) is 6.11. The van der Waals surface area contributed by atoms with E-state index in [1.165, 1.54) is 5.56 Å². The van der Waals surface area contributed by atoms with Crippen molar-refractivity contribution in [3.8, 4) is 11.8 Å². The zero-order valence-corrected chi connectivity index (χ0v) is 11.2. The molecule has 1 aromatic heterocycles. The third-order valence-corrected chi connectivity index (χ3v) is 2.93. The maximum absolute atomic E-state index is 4.95. The molecule has 0 aliphatic heterocycles. The highest BCUT2D eigenvalue weighted by atomic mass is 16.6. The fourth-order valence-corrected chi connectivity index (χ4v) is 1.95. The predicted molar refractivity (Wildman–Crippen MR) is 74.3 cm³/mol. The number of rotatable bonds is 3. The summed E-state index contributed by atoms with van der Waals surface area (Å²) in [6.45, 7) is 4.96. The van der Waals surface area contributed by atoms with Crippen molar-refractivity contribution in [2.24, 2.45) is 5.90 Å². The number of benzene rings is 1. The topological polar surface area (TPSA) is 53.1 Å². The summed E-state index contributed by atoms with van der Waals surface area (Å²) in [5.74, 6) is 10.9. The van der Waals surface area contributed by atoms with Crippen molar-refractivity contribution in [1.29, 1.82) is 0 Å². The Balaban J connectivity index is 2.25. The van der Waals surface area contributed by atoms with Crippen LogP contribution in [-0.4, -0.2) is 16.4 Å². The van der Waals surface area contributed by atoms with E-state index in [2.05, 4.69) is 33.9 Å². The second-order valence-electron chi connectivity index (χ2n) is 4.30. The van der Waals surface area contributed by atoms with Gasteiger partial charge in [-0.1, -0.05) is 42.2 Å². The van der Waals surface area contributed by atoms with Crippen LogP contribution in [0.1, 0.15) is 22.5 Å². The van der Waals surface area contributed by atoms with Gasteiger partial charge in [0.15, 0.2) is 0 Å². The van der Waals surface area contributed by atoms with Crippen LogP contribution in [0.2, 0.25) is 0 Å². The van der Waals surface area contributed by atoms with Gasteiger partial charge in [-0.15, -0.1) is 0 Å². The fraction of sp³-hybridized carbons (Fsp3) is 0.267. The molecule has 0 atom stereocenters. The third kappa shape index (κ3) is 3.22. The summed E-state index contributed by atoms with van der Waals surface area (Å²) in [7, 11) is 0. The molecule has 0 amide bonds. The lowest BCUT2D eigenvalue weighted by Crippen LogP contribution is -2.03. The first-order valence-electron chi connectivity index (χ1n) is 6.11. The number of hydrogen-bond acceptors (Lipinski definition) is 3. The average Bonchev–Trinajstić information content (AvgIpc) is 2.68. The standard InChI is InChI=1S/C15H17N3O/c1-12-15(9-6-10-19-16)13(2)18(17-12)11-14-7-4-3-5-8-14/h3-5,7-8H,10-11,16H2,1-2H3. The number of nitrogens with zero attached hydrogens (tertiary/aromatic N) is 2. The monoisotopic (exact) mass is 255 g/mol. The smallest absolute Gasteiger partial charge is 0.129 e. The lowest BCUT2D eigenvalue weighted by Gasteiger charge is -2.04. The molecule has 98 valence electrons. The van der Waals surface area contributed by atoms with E-state index in [1.807, 2.05) is 36.7 Å². The highest BCUT2D eigenvalue weighted by molar-refractivity contribution is 5.41. The Bertz CT molecular complexity index is 606. The Morgan fingerprint density at radius 3 is 2.68 bits per heavy atom. The zero-order valence-electron chi connectivity index (χ0n) is 11.2. The molecule has 0 saturated carbocycles. The lowest BCUT2D eigenvalue weighted by atomic mass is 10.2. The van der Waals surface area contributed by atoms with Crippen LogP contribution in [0, 0.1) is 25.7 Å². The molecule has 0 fully saturated rings. The largest absolute Gasteiger partial charge is 0.292 e. The van der Waals surface area contributed by atoms with Gasteiger partial charge < -0.3 is 0 Å². The number of aryl methyl sites for hydroxylation is 1. The Labute approximate surface area is 113 Å². The quantitative estimate of drug-likeness (QED) is 0.672. The van der Waals surface area contributed by atoms with E-state index in [1.54, 1.807) is 0 Å². The minimum atomic E-state index is 0.225. The molecule has 4 nitrogen and oxygen atoms in total. The fourth-order valence-electron chi connectivity index (χ4n) is 1.95. The highest BCUT2D eigenvalue weighted by Crippen LogP contribution is 2.13. The summed E-state index contributed by atoms with van der Waals surface area (Å²) in [5.41, 5.74) is 4.16. The molecule has 0 aliphatic carbocycles. The van der Waals surface area contributed by atoms with Crippen molar-refractivity contribution in [3.05, 3.63) is 52.8 Å². The minimum absolute atomic E-state index is 0.225. The Kier molecular flexibility index (Phi) is 4.35. The number of nitrogens with two attached hydrogens (primary N) is 1. The molecular weight excluding hydrogens is 238 g/mol. The van der Waals surface area contributed by atoms with Gasteiger partial charge in [-0.25, -0.2) is 5.90 Å². The van der Waals surface area contributed by atoms with E-state index < -0.39 is 0 Å². The van der Waals surface area contributed by atoms with Gasteiger partial charge in [-0.2, -0.15) is 5.10 Å². The predicted octanol–water partition coefficient (Wildman–Crippen LogP) is 1.79. The molecular formula is C15H17N3O. The Hall–Kier alpha value is -2.09. The van der Waals surface area contributed by atoms with Crippen LogP contribution in [0.4, 0.5) is 0 Å². The van der Waals surface area contributed by atoms with E-state index in [-0.39, 0.29) is 6.61 Å². The molecule has 0 unspecified atom stereocenters. The van der Waals surface area contributed by atoms with Crippen LogP contribution in [0.15, 0.2) is 30.3 Å². The summed E-state index contributed by atoms with van der Waals surface area (Å²) in [6, 6.07) is 10.2. The van der Waals surface area contributed by atoms with Crippen LogP contribution < -0.4 is 5.90 Å². The van der Waals surface area contributed by atoms with Crippen molar-refractivity contribution < 1.29 is 4.84 Å². The van der Waals surface area contributed by atoms with Gasteiger partial charge in [-0.05, 0) is 19.4 Å². The maximum atomic E-state index is 4.95. The minimum Gasteiger partial charge on any atom is -0.292 e. The Morgan fingerprint density at radius 1 is 1.26 bits per heavy atom. The maximum Gasteiger partial charge on any atom is 0.129 e. The average molecular weight is 255 g/mol. The van der Waals surface area contributed by atoms with E-state index in [0.29, 0.717) is 0 Å². The van der Waals surface area contributed by atoms with Crippen LogP contribution in [0.25, 0.3) is 0 Å².